The third kappa shape index (κ3) is 6.05. The first-order chi connectivity index (χ1) is 9.86. The van der Waals surface area contributed by atoms with Crippen molar-refractivity contribution in [2.75, 3.05) is 6.61 Å². The summed E-state index contributed by atoms with van der Waals surface area (Å²) in [6, 6.07) is 0. The number of aliphatic hydroxyl groups is 1. The summed E-state index contributed by atoms with van der Waals surface area (Å²) >= 11 is 0. The van der Waals surface area contributed by atoms with E-state index >= 15 is 0 Å². The fraction of sp³-hybridized carbons (Fsp3) is 0.600. The van der Waals surface area contributed by atoms with Gasteiger partial charge in [0.1, 0.15) is 0 Å². The lowest BCUT2D eigenvalue weighted by atomic mass is 9.64. The van der Waals surface area contributed by atoms with Gasteiger partial charge in [0.15, 0.2) is 0 Å². The number of rotatable bonds is 5. The molecule has 2 atom stereocenters. The summed E-state index contributed by atoms with van der Waals surface area (Å²) in [5.41, 5.74) is 2.79. The fourth-order valence-electron chi connectivity index (χ4n) is 3.32. The highest BCUT2D eigenvalue weighted by molar-refractivity contribution is 5.27. The fourth-order valence-corrected chi connectivity index (χ4v) is 3.32. The zero-order valence-electron chi connectivity index (χ0n) is 14.4. The molecule has 1 aliphatic rings. The molecule has 1 saturated carbocycles. The van der Waals surface area contributed by atoms with Gasteiger partial charge in [-0.3, -0.25) is 0 Å². The molecule has 0 amide bonds. The van der Waals surface area contributed by atoms with E-state index in [9.17, 15) is 0 Å². The van der Waals surface area contributed by atoms with Gasteiger partial charge in [-0.05, 0) is 37.5 Å². The molecule has 2 unspecified atom stereocenters. The molecule has 0 aliphatic heterocycles. The van der Waals surface area contributed by atoms with E-state index in [-0.39, 0.29) is 6.61 Å². The van der Waals surface area contributed by atoms with Gasteiger partial charge in [-0.1, -0.05) is 81.2 Å². The van der Waals surface area contributed by atoms with Crippen LogP contribution in [-0.4, -0.2) is 11.7 Å². The third-order valence-electron chi connectivity index (χ3n) is 4.69. The smallest absolute Gasteiger partial charge is 0.0617 e. The van der Waals surface area contributed by atoms with Crippen LogP contribution in [0, 0.1) is 17.3 Å². The molecule has 0 saturated heterocycles. The Kier molecular flexibility index (Phi) is 7.17. The highest BCUT2D eigenvalue weighted by Crippen LogP contribution is 2.44. The standard InChI is InChI=1S/C20H32O/c1-16(8-6-9-17(2)13-15-21)11-12-19-18(3)10-7-14-20(19,4)5/h6,8-9,11-13,18-19,21H,7,10,14-15H2,1-5H3/b9-6+,12-11+,16-8+,17-13+. The molecule has 0 aromatic rings. The maximum atomic E-state index is 8.81. The summed E-state index contributed by atoms with van der Waals surface area (Å²) in [5.74, 6) is 1.46. The van der Waals surface area contributed by atoms with Crippen LogP contribution in [-0.2, 0) is 0 Å². The van der Waals surface area contributed by atoms with Crippen LogP contribution in [0.25, 0.3) is 0 Å². The topological polar surface area (TPSA) is 20.2 Å². The minimum absolute atomic E-state index is 0.105. The molecule has 0 aromatic heterocycles. The highest BCUT2D eigenvalue weighted by atomic mass is 16.2. The van der Waals surface area contributed by atoms with E-state index in [4.69, 9.17) is 5.11 Å². The van der Waals surface area contributed by atoms with E-state index in [1.807, 2.05) is 19.1 Å². The highest BCUT2D eigenvalue weighted by Gasteiger charge is 2.34. The zero-order valence-corrected chi connectivity index (χ0v) is 14.4. The summed E-state index contributed by atoms with van der Waals surface area (Å²) in [7, 11) is 0. The van der Waals surface area contributed by atoms with Crippen molar-refractivity contribution < 1.29 is 5.11 Å². The van der Waals surface area contributed by atoms with E-state index in [1.165, 1.54) is 24.8 Å². The molecule has 1 N–H and O–H groups in total. The van der Waals surface area contributed by atoms with Crippen molar-refractivity contribution in [2.45, 2.75) is 53.9 Å². The van der Waals surface area contributed by atoms with Crippen molar-refractivity contribution in [3.05, 3.63) is 47.6 Å². The molecule has 21 heavy (non-hydrogen) atoms. The average molecular weight is 288 g/mol. The van der Waals surface area contributed by atoms with Crippen LogP contribution in [0.15, 0.2) is 47.6 Å². The molecule has 1 heteroatoms. The number of aliphatic hydroxyl groups excluding tert-OH is 1. The van der Waals surface area contributed by atoms with Gasteiger partial charge >= 0.3 is 0 Å². The molecular weight excluding hydrogens is 256 g/mol. The molecule has 118 valence electrons. The first-order valence-electron chi connectivity index (χ1n) is 8.17. The van der Waals surface area contributed by atoms with Gasteiger partial charge in [-0.2, -0.15) is 0 Å². The largest absolute Gasteiger partial charge is 0.392 e. The average Bonchev–Trinajstić information content (AvgIpc) is 2.37. The summed E-state index contributed by atoms with van der Waals surface area (Å²) in [6.07, 6.45) is 16.8. The number of hydrogen-bond acceptors (Lipinski definition) is 1. The van der Waals surface area contributed by atoms with Gasteiger partial charge in [0.2, 0.25) is 0 Å². The second kappa shape index (κ2) is 8.38. The molecule has 1 fully saturated rings. The van der Waals surface area contributed by atoms with E-state index in [0.717, 1.165) is 11.5 Å². The minimum Gasteiger partial charge on any atom is -0.392 e. The Bertz CT molecular complexity index is 435. The molecule has 0 heterocycles. The van der Waals surface area contributed by atoms with E-state index in [0.29, 0.717) is 11.3 Å². The molecule has 0 spiro atoms. The van der Waals surface area contributed by atoms with Gasteiger partial charge in [-0.25, -0.2) is 0 Å². The summed E-state index contributed by atoms with van der Waals surface area (Å²) in [6.45, 7) is 11.4. The second-order valence-electron chi connectivity index (χ2n) is 7.14. The van der Waals surface area contributed by atoms with Crippen molar-refractivity contribution in [1.82, 2.24) is 0 Å². The first kappa shape index (κ1) is 18.0. The minimum atomic E-state index is 0.105. The van der Waals surface area contributed by atoms with E-state index < -0.39 is 0 Å². The Labute approximate surface area is 131 Å². The van der Waals surface area contributed by atoms with Crippen molar-refractivity contribution in [3.63, 3.8) is 0 Å². The van der Waals surface area contributed by atoms with Crippen LogP contribution in [0.2, 0.25) is 0 Å². The lowest BCUT2D eigenvalue weighted by Crippen LogP contribution is -2.32. The predicted octanol–water partition coefficient (Wildman–Crippen LogP) is 5.45. The zero-order chi connectivity index (χ0) is 15.9. The molecule has 0 aromatic carbocycles. The third-order valence-corrected chi connectivity index (χ3v) is 4.69. The maximum absolute atomic E-state index is 8.81. The second-order valence-corrected chi connectivity index (χ2v) is 7.14. The number of allylic oxidation sites excluding steroid dienone is 7. The molecule has 1 aliphatic carbocycles. The van der Waals surface area contributed by atoms with Crippen LogP contribution < -0.4 is 0 Å². The summed E-state index contributed by atoms with van der Waals surface area (Å²) in [5, 5.41) is 8.81. The van der Waals surface area contributed by atoms with Crippen molar-refractivity contribution in [2.24, 2.45) is 17.3 Å². The molecule has 1 rings (SSSR count). The van der Waals surface area contributed by atoms with E-state index in [1.54, 1.807) is 0 Å². The number of hydrogen-bond donors (Lipinski definition) is 1. The molecule has 1 nitrogen and oxygen atoms in total. The van der Waals surface area contributed by atoms with Crippen LogP contribution in [0.1, 0.15) is 53.9 Å². The Morgan fingerprint density at radius 1 is 1.19 bits per heavy atom. The SMILES string of the molecule is CC(/C=C/C1C(C)CCCC1(C)C)=C\C=C\C(C)=C\CO. The van der Waals surface area contributed by atoms with Crippen LogP contribution in [0.5, 0.6) is 0 Å². The van der Waals surface area contributed by atoms with E-state index in [2.05, 4.69) is 52.0 Å². The Morgan fingerprint density at radius 3 is 2.52 bits per heavy atom. The lowest BCUT2D eigenvalue weighted by Gasteiger charge is -2.41. The van der Waals surface area contributed by atoms with Crippen molar-refractivity contribution >= 4 is 0 Å². The van der Waals surface area contributed by atoms with Crippen molar-refractivity contribution in [3.8, 4) is 0 Å². The first-order valence-corrected chi connectivity index (χ1v) is 8.17. The van der Waals surface area contributed by atoms with Gasteiger partial charge in [0, 0.05) is 0 Å². The Morgan fingerprint density at radius 2 is 1.90 bits per heavy atom. The normalized spacial score (nSPS) is 27.7. The lowest BCUT2D eigenvalue weighted by molar-refractivity contribution is 0.123. The molecular formula is C20H32O. The molecule has 0 radical (unpaired) electrons. The quantitative estimate of drug-likeness (QED) is 0.667. The van der Waals surface area contributed by atoms with Crippen molar-refractivity contribution in [1.29, 1.82) is 0 Å². The predicted molar refractivity (Wildman–Crippen MR) is 93.2 cm³/mol. The van der Waals surface area contributed by atoms with Crippen LogP contribution in [0.3, 0.4) is 0 Å². The van der Waals surface area contributed by atoms with Gasteiger partial charge < -0.3 is 5.11 Å². The van der Waals surface area contributed by atoms with Gasteiger partial charge in [0.05, 0.1) is 6.61 Å². The molecule has 0 bridgehead atoms. The van der Waals surface area contributed by atoms with Gasteiger partial charge in [-0.15, -0.1) is 0 Å². The summed E-state index contributed by atoms with van der Waals surface area (Å²) < 4.78 is 0. The monoisotopic (exact) mass is 288 g/mol. The Hall–Kier alpha value is -1.08. The van der Waals surface area contributed by atoms with Crippen LogP contribution >= 0.6 is 0 Å². The maximum Gasteiger partial charge on any atom is 0.0617 e. The van der Waals surface area contributed by atoms with Gasteiger partial charge in [0.25, 0.3) is 0 Å². The van der Waals surface area contributed by atoms with Crippen LogP contribution in [0.4, 0.5) is 0 Å². The summed E-state index contributed by atoms with van der Waals surface area (Å²) in [4.78, 5) is 0. The Balaban J connectivity index is 2.68.